The highest BCUT2D eigenvalue weighted by atomic mass is 32.2. The lowest BCUT2D eigenvalue weighted by molar-refractivity contribution is -0.129. The molecule has 2 aliphatic rings. The van der Waals surface area contributed by atoms with Gasteiger partial charge in [-0.1, -0.05) is 18.7 Å². The maximum absolute atomic E-state index is 13.0. The Hall–Kier alpha value is -2.51. The normalized spacial score (nSPS) is 16.8. The second kappa shape index (κ2) is 9.55. The summed E-state index contributed by atoms with van der Waals surface area (Å²) in [5.74, 6) is 0.959. The predicted molar refractivity (Wildman–Crippen MR) is 117 cm³/mol. The van der Waals surface area contributed by atoms with Crippen LogP contribution in [0.5, 0.6) is 11.5 Å². The molecule has 1 N–H and O–H groups in total. The van der Waals surface area contributed by atoms with E-state index in [-0.39, 0.29) is 35.3 Å². The molecular weight excluding hydrogens is 458 g/mol. The fourth-order valence-corrected chi connectivity index (χ4v) is 5.88. The Labute approximate surface area is 189 Å². The Morgan fingerprint density at radius 3 is 2.59 bits per heavy atom. The van der Waals surface area contributed by atoms with Crippen LogP contribution in [0.2, 0.25) is 0 Å². The number of nitrogens with zero attached hydrogens (tertiary/aromatic N) is 4. The van der Waals surface area contributed by atoms with Gasteiger partial charge in [0.25, 0.3) is 0 Å². The summed E-state index contributed by atoms with van der Waals surface area (Å²) < 4.78 is 39.9. The van der Waals surface area contributed by atoms with Crippen molar-refractivity contribution < 1.29 is 22.7 Å². The number of ether oxygens (including phenoxy) is 2. The molecule has 1 saturated heterocycles. The van der Waals surface area contributed by atoms with Crippen molar-refractivity contribution in [3.05, 3.63) is 28.7 Å². The van der Waals surface area contributed by atoms with Crippen LogP contribution < -0.4 is 15.2 Å². The Bertz CT molecular complexity index is 1140. The van der Waals surface area contributed by atoms with Gasteiger partial charge in [-0.2, -0.15) is 4.31 Å². The predicted octanol–water partition coefficient (Wildman–Crippen LogP) is 0.378. The van der Waals surface area contributed by atoms with Gasteiger partial charge in [0.15, 0.2) is 16.7 Å². The number of hydrogen-bond acceptors (Lipinski definition) is 8. The fraction of sp³-hybridized carbons (Fsp3) is 0.526. The van der Waals surface area contributed by atoms with Crippen LogP contribution in [0, 0.1) is 0 Å². The largest absolute Gasteiger partial charge is 0.486 e. The molecule has 174 valence electrons. The number of aromatic amines is 1. The molecule has 0 atom stereocenters. The molecule has 32 heavy (non-hydrogen) atoms. The Balaban J connectivity index is 1.34. The van der Waals surface area contributed by atoms with Crippen molar-refractivity contribution in [3.8, 4) is 11.5 Å². The van der Waals surface area contributed by atoms with E-state index in [0.29, 0.717) is 49.5 Å². The van der Waals surface area contributed by atoms with Crippen LogP contribution >= 0.6 is 11.8 Å². The van der Waals surface area contributed by atoms with Crippen LogP contribution in [0.25, 0.3) is 0 Å². The van der Waals surface area contributed by atoms with Gasteiger partial charge in [0.1, 0.15) is 13.2 Å². The van der Waals surface area contributed by atoms with Gasteiger partial charge >= 0.3 is 5.69 Å². The number of amides is 1. The number of thioether (sulfide) groups is 1. The molecule has 2 aliphatic heterocycles. The van der Waals surface area contributed by atoms with E-state index in [4.69, 9.17) is 9.47 Å². The average Bonchev–Trinajstić information content (AvgIpc) is 3.16. The molecule has 1 aromatic carbocycles. The zero-order valence-electron chi connectivity index (χ0n) is 17.7. The van der Waals surface area contributed by atoms with E-state index in [9.17, 15) is 18.0 Å². The number of fused-ring (bicyclic) bond motifs is 1. The van der Waals surface area contributed by atoms with Crippen molar-refractivity contribution in [2.75, 3.05) is 45.1 Å². The maximum Gasteiger partial charge on any atom is 0.343 e. The summed E-state index contributed by atoms with van der Waals surface area (Å²) in [6.45, 7) is 4.30. The molecule has 2 aromatic rings. The van der Waals surface area contributed by atoms with E-state index in [2.05, 4.69) is 10.2 Å². The number of sulfonamides is 1. The number of piperazine rings is 1. The molecule has 0 aliphatic carbocycles. The van der Waals surface area contributed by atoms with E-state index in [1.54, 1.807) is 11.0 Å². The third-order valence-electron chi connectivity index (χ3n) is 5.24. The number of carbonyl (C=O) groups is 1. The third kappa shape index (κ3) is 4.64. The van der Waals surface area contributed by atoms with Crippen LogP contribution in [-0.4, -0.2) is 83.4 Å². The summed E-state index contributed by atoms with van der Waals surface area (Å²) in [7, 11) is -3.71. The Morgan fingerprint density at radius 2 is 1.88 bits per heavy atom. The van der Waals surface area contributed by atoms with Crippen LogP contribution in [0.4, 0.5) is 0 Å². The fourth-order valence-electron chi connectivity index (χ4n) is 3.56. The van der Waals surface area contributed by atoms with Crippen LogP contribution in [0.15, 0.2) is 33.0 Å². The SMILES string of the molecule is CCCn1c(SCC(=O)N2CCN(S(=O)(=O)c3ccc4c(c3)OCCO4)CC2)n[nH]c1=O. The molecular formula is C19H25N5O6S2. The molecule has 1 fully saturated rings. The van der Waals surface area contributed by atoms with Gasteiger partial charge in [0.05, 0.1) is 10.6 Å². The van der Waals surface area contributed by atoms with Crippen molar-refractivity contribution in [2.45, 2.75) is 29.9 Å². The minimum Gasteiger partial charge on any atom is -0.486 e. The summed E-state index contributed by atoms with van der Waals surface area (Å²) in [5.41, 5.74) is -0.292. The molecule has 11 nitrogen and oxygen atoms in total. The van der Waals surface area contributed by atoms with Crippen molar-refractivity contribution >= 4 is 27.7 Å². The van der Waals surface area contributed by atoms with Crippen molar-refractivity contribution in [1.82, 2.24) is 24.0 Å². The monoisotopic (exact) mass is 483 g/mol. The number of nitrogens with one attached hydrogen (secondary N) is 1. The van der Waals surface area contributed by atoms with Crippen LogP contribution in [0.3, 0.4) is 0 Å². The first-order chi connectivity index (χ1) is 15.4. The van der Waals surface area contributed by atoms with E-state index < -0.39 is 10.0 Å². The molecule has 0 unspecified atom stereocenters. The standard InChI is InChI=1S/C19H25N5O6S2/c1-2-5-24-18(26)20-21-19(24)31-13-17(25)22-6-8-23(9-7-22)32(27,28)14-3-4-15-16(12-14)30-11-10-29-15/h3-4,12H,2,5-11,13H2,1H3,(H,20,26). The number of benzene rings is 1. The number of aromatic nitrogens is 3. The lowest BCUT2D eigenvalue weighted by Gasteiger charge is -2.34. The molecule has 3 heterocycles. The Morgan fingerprint density at radius 1 is 1.16 bits per heavy atom. The van der Waals surface area contributed by atoms with Gasteiger partial charge in [-0.3, -0.25) is 9.36 Å². The van der Waals surface area contributed by atoms with Gasteiger partial charge < -0.3 is 14.4 Å². The maximum atomic E-state index is 13.0. The summed E-state index contributed by atoms with van der Waals surface area (Å²) >= 11 is 1.20. The summed E-state index contributed by atoms with van der Waals surface area (Å²) in [6, 6.07) is 4.60. The van der Waals surface area contributed by atoms with Gasteiger partial charge in [-0.15, -0.1) is 5.10 Å². The number of carbonyl (C=O) groups excluding carboxylic acids is 1. The van der Waals surface area contributed by atoms with E-state index in [1.165, 1.54) is 32.8 Å². The number of H-pyrrole nitrogens is 1. The molecule has 0 saturated carbocycles. The molecule has 0 bridgehead atoms. The highest BCUT2D eigenvalue weighted by molar-refractivity contribution is 7.99. The average molecular weight is 484 g/mol. The topological polar surface area (TPSA) is 127 Å². The highest BCUT2D eigenvalue weighted by Crippen LogP contribution is 2.33. The van der Waals surface area contributed by atoms with Crippen LogP contribution in [-0.2, 0) is 21.4 Å². The first-order valence-electron chi connectivity index (χ1n) is 10.4. The zero-order chi connectivity index (χ0) is 22.7. The zero-order valence-corrected chi connectivity index (χ0v) is 19.3. The van der Waals surface area contributed by atoms with Crippen molar-refractivity contribution in [2.24, 2.45) is 0 Å². The first kappa shape index (κ1) is 22.7. The van der Waals surface area contributed by atoms with Gasteiger partial charge in [-0.05, 0) is 18.6 Å². The third-order valence-corrected chi connectivity index (χ3v) is 8.09. The summed E-state index contributed by atoms with van der Waals surface area (Å²) in [6.07, 6.45) is 0.779. The summed E-state index contributed by atoms with van der Waals surface area (Å²) in [5, 5.41) is 6.85. The van der Waals surface area contributed by atoms with Crippen molar-refractivity contribution in [3.63, 3.8) is 0 Å². The number of hydrogen-bond donors (Lipinski definition) is 1. The van der Waals surface area contributed by atoms with Crippen molar-refractivity contribution in [1.29, 1.82) is 0 Å². The Kier molecular flexibility index (Phi) is 6.76. The molecule has 1 aromatic heterocycles. The van der Waals surface area contributed by atoms with Gasteiger partial charge in [0, 0.05) is 38.8 Å². The van der Waals surface area contributed by atoms with E-state index in [0.717, 1.165) is 6.42 Å². The second-order valence-electron chi connectivity index (χ2n) is 7.34. The van der Waals surface area contributed by atoms with Gasteiger partial charge in [-0.25, -0.2) is 18.3 Å². The van der Waals surface area contributed by atoms with Crippen LogP contribution in [0.1, 0.15) is 13.3 Å². The number of rotatable bonds is 7. The molecule has 4 rings (SSSR count). The highest BCUT2D eigenvalue weighted by Gasteiger charge is 2.31. The lowest BCUT2D eigenvalue weighted by Crippen LogP contribution is -2.51. The molecule has 13 heteroatoms. The molecule has 1 amide bonds. The van der Waals surface area contributed by atoms with E-state index in [1.807, 2.05) is 6.92 Å². The molecule has 0 spiro atoms. The van der Waals surface area contributed by atoms with E-state index >= 15 is 0 Å². The second-order valence-corrected chi connectivity index (χ2v) is 10.2. The summed E-state index contributed by atoms with van der Waals surface area (Å²) in [4.78, 5) is 26.2. The first-order valence-corrected chi connectivity index (χ1v) is 12.8. The molecule has 0 radical (unpaired) electrons. The van der Waals surface area contributed by atoms with Gasteiger partial charge in [0.2, 0.25) is 15.9 Å². The minimum atomic E-state index is -3.71. The quantitative estimate of drug-likeness (QED) is 0.560. The lowest BCUT2D eigenvalue weighted by atomic mass is 10.3. The smallest absolute Gasteiger partial charge is 0.343 e. The minimum absolute atomic E-state index is 0.120.